The Morgan fingerprint density at radius 2 is 2.21 bits per heavy atom. The van der Waals surface area contributed by atoms with E-state index < -0.39 is 10.9 Å². The average molecular weight is 283 g/mol. The molecule has 1 aromatic heterocycles. The summed E-state index contributed by atoms with van der Waals surface area (Å²) in [6, 6.07) is 4.80. The van der Waals surface area contributed by atoms with E-state index in [0.717, 1.165) is 0 Å². The number of hydrogen-bond donors (Lipinski definition) is 0. The van der Waals surface area contributed by atoms with Crippen LogP contribution in [0.5, 0.6) is 0 Å². The van der Waals surface area contributed by atoms with Crippen LogP contribution in [0.2, 0.25) is 5.02 Å². The number of benzene rings is 1. The second-order valence-corrected chi connectivity index (χ2v) is 4.45. The Bertz CT molecular complexity index is 678. The van der Waals surface area contributed by atoms with Crippen molar-refractivity contribution >= 4 is 34.2 Å². The molecule has 1 heterocycles. The van der Waals surface area contributed by atoms with Crippen LogP contribution in [0.15, 0.2) is 18.2 Å². The van der Waals surface area contributed by atoms with Crippen LogP contribution in [0.4, 0.5) is 5.69 Å². The number of carbonyl (C=O) groups excluding carboxylic acids is 1. The Morgan fingerprint density at radius 3 is 2.79 bits per heavy atom. The summed E-state index contributed by atoms with van der Waals surface area (Å²) in [5, 5.41) is 12.0. The van der Waals surface area contributed by atoms with E-state index in [0.29, 0.717) is 21.6 Å². The highest BCUT2D eigenvalue weighted by atomic mass is 35.5. The van der Waals surface area contributed by atoms with Gasteiger partial charge in [-0.05, 0) is 25.1 Å². The van der Waals surface area contributed by atoms with Crippen LogP contribution >= 0.6 is 11.6 Å². The molecule has 0 unspecified atom stereocenters. The van der Waals surface area contributed by atoms with E-state index in [1.807, 2.05) is 0 Å². The maximum Gasteiger partial charge on any atom is 0.325 e. The van der Waals surface area contributed by atoms with Crippen molar-refractivity contribution < 1.29 is 14.5 Å². The molecule has 0 N–H and O–H groups in total. The van der Waals surface area contributed by atoms with Gasteiger partial charge in [-0.1, -0.05) is 11.6 Å². The van der Waals surface area contributed by atoms with E-state index in [-0.39, 0.29) is 12.2 Å². The van der Waals surface area contributed by atoms with Crippen molar-refractivity contribution in [3.8, 4) is 0 Å². The average Bonchev–Trinajstić information content (AvgIpc) is 2.61. The van der Waals surface area contributed by atoms with Gasteiger partial charge in [-0.2, -0.15) is 0 Å². The molecule has 0 aliphatic rings. The number of esters is 1. The third-order valence-corrected chi connectivity index (χ3v) is 3.18. The number of fused-ring (bicyclic) bond motifs is 1. The zero-order chi connectivity index (χ0) is 14.2. The topological polar surface area (TPSA) is 74.4 Å². The summed E-state index contributed by atoms with van der Waals surface area (Å²) in [5.41, 5.74) is 0.938. The number of aromatic nitrogens is 1. The van der Waals surface area contributed by atoms with Gasteiger partial charge in [-0.15, -0.1) is 0 Å². The second-order valence-electron chi connectivity index (χ2n) is 4.01. The molecular weight excluding hydrogens is 272 g/mol. The molecule has 0 atom stereocenters. The van der Waals surface area contributed by atoms with Gasteiger partial charge < -0.3 is 9.30 Å². The molecule has 0 spiro atoms. The van der Waals surface area contributed by atoms with Crippen molar-refractivity contribution in [2.24, 2.45) is 0 Å². The molecule has 1 aromatic carbocycles. The molecule has 0 bridgehead atoms. The highest BCUT2D eigenvalue weighted by Crippen LogP contribution is 2.34. The molecule has 0 saturated carbocycles. The van der Waals surface area contributed by atoms with E-state index in [9.17, 15) is 14.9 Å². The number of nitro groups is 1. The van der Waals surface area contributed by atoms with E-state index >= 15 is 0 Å². The number of methoxy groups -OCH3 is 1. The molecule has 19 heavy (non-hydrogen) atoms. The summed E-state index contributed by atoms with van der Waals surface area (Å²) < 4.78 is 6.15. The van der Waals surface area contributed by atoms with Crippen LogP contribution in [0.3, 0.4) is 0 Å². The minimum atomic E-state index is -0.470. The fraction of sp³-hybridized carbons (Fsp3) is 0.250. The minimum absolute atomic E-state index is 0.0404. The monoisotopic (exact) mass is 282 g/mol. The third kappa shape index (κ3) is 2.26. The highest BCUT2D eigenvalue weighted by Gasteiger charge is 2.24. The smallest absolute Gasteiger partial charge is 0.325 e. The Morgan fingerprint density at radius 1 is 1.53 bits per heavy atom. The van der Waals surface area contributed by atoms with Gasteiger partial charge in [0.05, 0.1) is 28.6 Å². The zero-order valence-corrected chi connectivity index (χ0v) is 11.1. The standard InChI is InChI=1S/C12H11ClN2O4/c1-7-12(15(17)18)9-5-8(13)3-4-10(9)14(7)6-11(16)19-2/h3-5H,6H2,1-2H3. The van der Waals surface area contributed by atoms with Gasteiger partial charge in [0.1, 0.15) is 6.54 Å². The maximum atomic E-state index is 11.4. The molecule has 0 amide bonds. The van der Waals surface area contributed by atoms with Crippen molar-refractivity contribution in [2.75, 3.05) is 7.11 Å². The first kappa shape index (κ1) is 13.4. The maximum absolute atomic E-state index is 11.4. The van der Waals surface area contributed by atoms with Crippen molar-refractivity contribution in [1.29, 1.82) is 0 Å². The molecule has 7 heteroatoms. The van der Waals surface area contributed by atoms with Crippen LogP contribution in [0.1, 0.15) is 5.69 Å². The first-order valence-electron chi connectivity index (χ1n) is 5.45. The van der Waals surface area contributed by atoms with Gasteiger partial charge in [0.25, 0.3) is 5.69 Å². The number of halogens is 1. The van der Waals surface area contributed by atoms with Gasteiger partial charge in [0.15, 0.2) is 0 Å². The van der Waals surface area contributed by atoms with E-state index in [1.165, 1.54) is 13.2 Å². The third-order valence-electron chi connectivity index (χ3n) is 2.95. The highest BCUT2D eigenvalue weighted by molar-refractivity contribution is 6.31. The molecule has 2 rings (SSSR count). The molecule has 2 aromatic rings. The molecule has 0 aliphatic carbocycles. The normalized spacial score (nSPS) is 10.7. The Balaban J connectivity index is 2.73. The number of nitrogens with zero attached hydrogens (tertiary/aromatic N) is 2. The first-order valence-corrected chi connectivity index (χ1v) is 5.83. The van der Waals surface area contributed by atoms with Gasteiger partial charge in [-0.3, -0.25) is 14.9 Å². The molecule has 0 saturated heterocycles. The lowest BCUT2D eigenvalue weighted by Gasteiger charge is -2.05. The number of rotatable bonds is 3. The van der Waals surface area contributed by atoms with Crippen LogP contribution in [-0.2, 0) is 16.1 Å². The first-order chi connectivity index (χ1) is 8.95. The fourth-order valence-electron chi connectivity index (χ4n) is 2.06. The van der Waals surface area contributed by atoms with Crippen LogP contribution in [0.25, 0.3) is 10.9 Å². The van der Waals surface area contributed by atoms with Gasteiger partial charge in [0.2, 0.25) is 0 Å². The summed E-state index contributed by atoms with van der Waals surface area (Å²) in [6.07, 6.45) is 0. The van der Waals surface area contributed by atoms with Gasteiger partial charge in [0, 0.05) is 5.02 Å². The number of carbonyl (C=O) groups is 1. The zero-order valence-electron chi connectivity index (χ0n) is 10.3. The van der Waals surface area contributed by atoms with Crippen molar-refractivity contribution in [3.63, 3.8) is 0 Å². The largest absolute Gasteiger partial charge is 0.468 e. The van der Waals surface area contributed by atoms with Gasteiger partial charge in [-0.25, -0.2) is 0 Å². The molecule has 0 fully saturated rings. The molecule has 100 valence electrons. The molecule has 0 radical (unpaired) electrons. The predicted octanol–water partition coefficient (Wildman–Crippen LogP) is 2.68. The molecule has 6 nitrogen and oxygen atoms in total. The Labute approximate surface area is 113 Å². The van der Waals surface area contributed by atoms with E-state index in [2.05, 4.69) is 4.74 Å². The lowest BCUT2D eigenvalue weighted by Crippen LogP contribution is -2.12. The quantitative estimate of drug-likeness (QED) is 0.493. The number of ether oxygens (including phenoxy) is 1. The van der Waals surface area contributed by atoms with Crippen molar-refractivity contribution in [2.45, 2.75) is 13.5 Å². The van der Waals surface area contributed by atoms with Gasteiger partial charge >= 0.3 is 5.97 Å². The van der Waals surface area contributed by atoms with E-state index in [1.54, 1.807) is 23.6 Å². The van der Waals surface area contributed by atoms with Crippen molar-refractivity contribution in [1.82, 2.24) is 4.57 Å². The predicted molar refractivity (Wildman–Crippen MR) is 70.4 cm³/mol. The van der Waals surface area contributed by atoms with Crippen LogP contribution in [0, 0.1) is 17.0 Å². The molecular formula is C12H11ClN2O4. The summed E-state index contributed by atoms with van der Waals surface area (Å²) in [5.74, 6) is -0.468. The lowest BCUT2D eigenvalue weighted by atomic mass is 10.2. The second kappa shape index (κ2) is 4.89. The van der Waals surface area contributed by atoms with E-state index in [4.69, 9.17) is 11.6 Å². The minimum Gasteiger partial charge on any atom is -0.468 e. The molecule has 0 aliphatic heterocycles. The fourth-order valence-corrected chi connectivity index (χ4v) is 2.24. The Kier molecular flexibility index (Phi) is 3.44. The summed E-state index contributed by atoms with van der Waals surface area (Å²) in [6.45, 7) is 1.52. The summed E-state index contributed by atoms with van der Waals surface area (Å²) in [7, 11) is 1.27. The Hall–Kier alpha value is -2.08. The van der Waals surface area contributed by atoms with Crippen molar-refractivity contribution in [3.05, 3.63) is 39.0 Å². The lowest BCUT2D eigenvalue weighted by molar-refractivity contribution is -0.383. The van der Waals surface area contributed by atoms with Crippen LogP contribution < -0.4 is 0 Å². The SMILES string of the molecule is COC(=O)Cn1c(C)c([N+](=O)[O-])c2cc(Cl)ccc21. The summed E-state index contributed by atoms with van der Waals surface area (Å²) >= 11 is 5.87. The summed E-state index contributed by atoms with van der Waals surface area (Å²) in [4.78, 5) is 22.1. The number of hydrogen-bond acceptors (Lipinski definition) is 4. The van der Waals surface area contributed by atoms with Crippen LogP contribution in [-0.4, -0.2) is 22.6 Å².